The Kier molecular flexibility index (Phi) is 1.87. The summed E-state index contributed by atoms with van der Waals surface area (Å²) in [5.41, 5.74) is 7.54. The second kappa shape index (κ2) is 3.24. The van der Waals surface area contributed by atoms with Gasteiger partial charge in [-0.05, 0) is 23.7 Å². The Balaban J connectivity index is 2.18. The molecule has 3 rings (SSSR count). The zero-order valence-corrected chi connectivity index (χ0v) is 8.85. The summed E-state index contributed by atoms with van der Waals surface area (Å²) in [6.07, 6.45) is 3.27. The molecule has 0 spiro atoms. The zero-order chi connectivity index (χ0) is 11.1. The van der Waals surface area contributed by atoms with Gasteiger partial charge in [0.2, 0.25) is 0 Å². The van der Waals surface area contributed by atoms with Crippen LogP contribution in [-0.2, 0) is 0 Å². The Hall–Kier alpha value is -2.01. The SMILES string of the molecule is Nc1cnc2cc(-c3ccc(Cl)o3)nn2c1. The Morgan fingerprint density at radius 2 is 2.25 bits per heavy atom. The summed E-state index contributed by atoms with van der Waals surface area (Å²) in [6, 6.07) is 5.23. The van der Waals surface area contributed by atoms with Gasteiger partial charge in [0, 0.05) is 6.07 Å². The monoisotopic (exact) mass is 234 g/mol. The first kappa shape index (κ1) is 9.23. The smallest absolute Gasteiger partial charge is 0.194 e. The maximum absolute atomic E-state index is 5.70. The lowest BCUT2D eigenvalue weighted by Gasteiger charge is -1.92. The van der Waals surface area contributed by atoms with Crippen LogP contribution in [-0.4, -0.2) is 14.6 Å². The van der Waals surface area contributed by atoms with E-state index in [1.54, 1.807) is 35.1 Å². The van der Waals surface area contributed by atoms with Crippen molar-refractivity contribution in [2.75, 3.05) is 5.73 Å². The van der Waals surface area contributed by atoms with E-state index in [0.29, 0.717) is 28.0 Å². The van der Waals surface area contributed by atoms with E-state index in [9.17, 15) is 0 Å². The molecule has 0 atom stereocenters. The molecule has 0 bridgehead atoms. The van der Waals surface area contributed by atoms with Crippen molar-refractivity contribution in [2.45, 2.75) is 0 Å². The van der Waals surface area contributed by atoms with Crippen LogP contribution in [0.25, 0.3) is 17.1 Å². The average Bonchev–Trinajstić information content (AvgIpc) is 2.83. The van der Waals surface area contributed by atoms with Gasteiger partial charge in [-0.25, -0.2) is 9.50 Å². The van der Waals surface area contributed by atoms with E-state index in [1.165, 1.54) is 0 Å². The lowest BCUT2D eigenvalue weighted by molar-refractivity contribution is 0.581. The number of halogens is 1. The number of aromatic nitrogens is 3. The molecule has 16 heavy (non-hydrogen) atoms. The Labute approximate surface area is 95.5 Å². The normalized spacial score (nSPS) is 11.1. The predicted octanol–water partition coefficient (Wildman–Crippen LogP) is 2.22. The second-order valence-electron chi connectivity index (χ2n) is 3.32. The Morgan fingerprint density at radius 3 is 3.00 bits per heavy atom. The fraction of sp³-hybridized carbons (Fsp3) is 0. The largest absolute Gasteiger partial charge is 0.443 e. The Morgan fingerprint density at radius 1 is 1.38 bits per heavy atom. The zero-order valence-electron chi connectivity index (χ0n) is 8.09. The van der Waals surface area contributed by atoms with Crippen molar-refractivity contribution in [3.63, 3.8) is 0 Å². The van der Waals surface area contributed by atoms with Crippen LogP contribution in [0.3, 0.4) is 0 Å². The molecule has 3 aromatic heterocycles. The second-order valence-corrected chi connectivity index (χ2v) is 3.70. The maximum atomic E-state index is 5.70. The molecule has 0 saturated heterocycles. The van der Waals surface area contributed by atoms with Crippen molar-refractivity contribution in [3.05, 3.63) is 35.8 Å². The molecule has 5 nitrogen and oxygen atoms in total. The minimum Gasteiger partial charge on any atom is -0.443 e. The number of nitrogen functional groups attached to an aromatic ring is 1. The molecule has 0 saturated carbocycles. The topological polar surface area (TPSA) is 69.3 Å². The molecule has 80 valence electrons. The summed E-state index contributed by atoms with van der Waals surface area (Å²) in [6.45, 7) is 0. The Bertz CT molecular complexity index is 658. The standard InChI is InChI=1S/C10H7ClN4O/c11-9-2-1-8(16-9)7-3-10-13-4-6(12)5-15(10)14-7/h1-5H,12H2. The number of nitrogens with zero attached hydrogens (tertiary/aromatic N) is 3. The van der Waals surface area contributed by atoms with Gasteiger partial charge >= 0.3 is 0 Å². The summed E-state index contributed by atoms with van der Waals surface area (Å²) in [5, 5.41) is 4.61. The van der Waals surface area contributed by atoms with Gasteiger partial charge in [0.25, 0.3) is 0 Å². The molecule has 0 aromatic carbocycles. The van der Waals surface area contributed by atoms with Gasteiger partial charge in [0.05, 0.1) is 18.1 Å². The lowest BCUT2D eigenvalue weighted by atomic mass is 10.3. The highest BCUT2D eigenvalue weighted by atomic mass is 35.5. The van der Waals surface area contributed by atoms with E-state index in [0.717, 1.165) is 0 Å². The van der Waals surface area contributed by atoms with Crippen molar-refractivity contribution in [2.24, 2.45) is 0 Å². The molecule has 6 heteroatoms. The van der Waals surface area contributed by atoms with Gasteiger partial charge in [0.15, 0.2) is 16.6 Å². The number of furan rings is 1. The van der Waals surface area contributed by atoms with Crippen LogP contribution >= 0.6 is 11.6 Å². The molecular weight excluding hydrogens is 228 g/mol. The first-order valence-electron chi connectivity index (χ1n) is 4.59. The molecule has 0 aliphatic rings. The van der Waals surface area contributed by atoms with Gasteiger partial charge in [-0.2, -0.15) is 5.10 Å². The molecule has 0 aliphatic carbocycles. The third kappa shape index (κ3) is 1.42. The van der Waals surface area contributed by atoms with Crippen LogP contribution in [0.2, 0.25) is 5.22 Å². The molecule has 0 fully saturated rings. The first-order valence-corrected chi connectivity index (χ1v) is 4.97. The molecule has 3 aromatic rings. The number of rotatable bonds is 1. The average molecular weight is 235 g/mol. The van der Waals surface area contributed by atoms with Gasteiger partial charge in [-0.15, -0.1) is 0 Å². The van der Waals surface area contributed by atoms with Crippen molar-refractivity contribution in [3.8, 4) is 11.5 Å². The third-order valence-corrected chi connectivity index (χ3v) is 2.36. The summed E-state index contributed by atoms with van der Waals surface area (Å²) in [4.78, 5) is 4.13. The highest BCUT2D eigenvalue weighted by Crippen LogP contribution is 2.24. The van der Waals surface area contributed by atoms with Crippen molar-refractivity contribution in [1.29, 1.82) is 0 Å². The van der Waals surface area contributed by atoms with Gasteiger partial charge < -0.3 is 10.2 Å². The number of nitrogens with two attached hydrogens (primary N) is 1. The lowest BCUT2D eigenvalue weighted by Crippen LogP contribution is -1.93. The summed E-state index contributed by atoms with van der Waals surface area (Å²) >= 11 is 5.70. The van der Waals surface area contributed by atoms with E-state index in [-0.39, 0.29) is 0 Å². The van der Waals surface area contributed by atoms with E-state index in [4.69, 9.17) is 21.8 Å². The fourth-order valence-electron chi connectivity index (χ4n) is 1.46. The number of fused-ring (bicyclic) bond motifs is 1. The minimum atomic E-state index is 0.333. The van der Waals surface area contributed by atoms with Gasteiger partial charge in [0.1, 0.15) is 5.69 Å². The summed E-state index contributed by atoms with van der Waals surface area (Å²) in [5.74, 6) is 0.606. The van der Waals surface area contributed by atoms with Crippen molar-refractivity contribution < 1.29 is 4.42 Å². The first-order chi connectivity index (χ1) is 7.72. The van der Waals surface area contributed by atoms with Crippen LogP contribution in [0, 0.1) is 0 Å². The summed E-state index contributed by atoms with van der Waals surface area (Å²) in [7, 11) is 0. The highest BCUT2D eigenvalue weighted by molar-refractivity contribution is 6.28. The predicted molar refractivity (Wildman–Crippen MR) is 60.1 cm³/mol. The van der Waals surface area contributed by atoms with Crippen LogP contribution in [0.1, 0.15) is 0 Å². The van der Waals surface area contributed by atoms with E-state index < -0.39 is 0 Å². The van der Waals surface area contributed by atoms with E-state index in [1.807, 2.05) is 0 Å². The molecule has 0 unspecified atom stereocenters. The molecule has 2 N–H and O–H groups in total. The molecular formula is C10H7ClN4O. The van der Waals surface area contributed by atoms with Gasteiger partial charge in [-0.1, -0.05) is 0 Å². The van der Waals surface area contributed by atoms with E-state index in [2.05, 4.69) is 10.1 Å². The van der Waals surface area contributed by atoms with Crippen LogP contribution in [0.15, 0.2) is 35.0 Å². The van der Waals surface area contributed by atoms with Crippen LogP contribution in [0.4, 0.5) is 5.69 Å². The highest BCUT2D eigenvalue weighted by Gasteiger charge is 2.09. The molecule has 0 aliphatic heterocycles. The van der Waals surface area contributed by atoms with Crippen molar-refractivity contribution >= 4 is 22.9 Å². The molecule has 0 radical (unpaired) electrons. The van der Waals surface area contributed by atoms with Crippen LogP contribution < -0.4 is 5.73 Å². The minimum absolute atomic E-state index is 0.333. The van der Waals surface area contributed by atoms with Crippen LogP contribution in [0.5, 0.6) is 0 Å². The summed E-state index contributed by atoms with van der Waals surface area (Å²) < 4.78 is 6.86. The number of hydrogen-bond donors (Lipinski definition) is 1. The third-order valence-electron chi connectivity index (χ3n) is 2.16. The quantitative estimate of drug-likeness (QED) is 0.701. The molecule has 0 amide bonds. The number of anilines is 1. The van der Waals surface area contributed by atoms with Gasteiger partial charge in [-0.3, -0.25) is 0 Å². The van der Waals surface area contributed by atoms with E-state index >= 15 is 0 Å². The molecule has 3 heterocycles. The number of hydrogen-bond acceptors (Lipinski definition) is 4. The van der Waals surface area contributed by atoms with Crippen molar-refractivity contribution in [1.82, 2.24) is 14.6 Å². The fourth-order valence-corrected chi connectivity index (χ4v) is 1.61. The maximum Gasteiger partial charge on any atom is 0.194 e.